The Labute approximate surface area is 125 Å². The Bertz CT molecular complexity index is 577. The number of amides is 2. The molecule has 0 saturated heterocycles. The van der Waals surface area contributed by atoms with E-state index in [0.29, 0.717) is 6.61 Å². The van der Waals surface area contributed by atoms with Crippen molar-refractivity contribution in [2.45, 2.75) is 20.3 Å². The van der Waals surface area contributed by atoms with Crippen LogP contribution in [0.25, 0.3) is 0 Å². The maximum Gasteiger partial charge on any atom is 0.323 e. The third kappa shape index (κ3) is 4.84. The molecule has 0 spiro atoms. The number of hydrogen-bond donors (Lipinski definition) is 2. The molecule has 21 heavy (non-hydrogen) atoms. The summed E-state index contributed by atoms with van der Waals surface area (Å²) in [7, 11) is 0. The molecule has 0 aliphatic carbocycles. The summed E-state index contributed by atoms with van der Waals surface area (Å²) in [6, 6.07) is 14.7. The van der Waals surface area contributed by atoms with Crippen LogP contribution in [0.3, 0.4) is 0 Å². The summed E-state index contributed by atoms with van der Waals surface area (Å²) in [5, 5.41) is 5.57. The summed E-state index contributed by atoms with van der Waals surface area (Å²) in [6.07, 6.45) is 0.971. The molecule has 0 bridgehead atoms. The number of aryl methyl sites for hydroxylation is 1. The van der Waals surface area contributed by atoms with Crippen molar-refractivity contribution in [3.8, 4) is 5.75 Å². The number of urea groups is 1. The Hall–Kier alpha value is -2.49. The molecule has 0 saturated carbocycles. The standard InChI is InChI=1S/C17H20N2O2/c1-3-12-21-16-10-8-15(9-11-16)19-17(20)18-14-6-4-13(2)5-7-14/h4-11H,3,12H2,1-2H3,(H2,18,19,20). The van der Waals surface area contributed by atoms with Gasteiger partial charge in [-0.05, 0) is 49.7 Å². The van der Waals surface area contributed by atoms with E-state index in [1.165, 1.54) is 0 Å². The molecular weight excluding hydrogens is 264 g/mol. The Balaban J connectivity index is 1.88. The molecule has 2 aromatic rings. The van der Waals surface area contributed by atoms with Crippen molar-refractivity contribution in [3.63, 3.8) is 0 Å². The van der Waals surface area contributed by atoms with E-state index in [1.807, 2.05) is 55.5 Å². The first-order valence-electron chi connectivity index (χ1n) is 7.05. The average molecular weight is 284 g/mol. The van der Waals surface area contributed by atoms with Crippen LogP contribution in [0.5, 0.6) is 5.75 Å². The van der Waals surface area contributed by atoms with Gasteiger partial charge in [0, 0.05) is 11.4 Å². The number of nitrogens with one attached hydrogen (secondary N) is 2. The van der Waals surface area contributed by atoms with Crippen LogP contribution >= 0.6 is 0 Å². The van der Waals surface area contributed by atoms with E-state index < -0.39 is 0 Å². The quantitative estimate of drug-likeness (QED) is 0.853. The van der Waals surface area contributed by atoms with Crippen molar-refractivity contribution in [2.24, 2.45) is 0 Å². The van der Waals surface area contributed by atoms with Gasteiger partial charge in [-0.25, -0.2) is 4.79 Å². The number of ether oxygens (including phenoxy) is 1. The Morgan fingerprint density at radius 1 is 0.952 bits per heavy atom. The molecule has 2 N–H and O–H groups in total. The van der Waals surface area contributed by atoms with E-state index in [2.05, 4.69) is 17.6 Å². The number of hydrogen-bond acceptors (Lipinski definition) is 2. The van der Waals surface area contributed by atoms with Crippen LogP contribution in [-0.4, -0.2) is 12.6 Å². The molecule has 0 unspecified atom stereocenters. The Morgan fingerprint density at radius 3 is 2.00 bits per heavy atom. The molecule has 2 amide bonds. The largest absolute Gasteiger partial charge is 0.494 e. The number of benzene rings is 2. The molecular formula is C17H20N2O2. The van der Waals surface area contributed by atoms with Gasteiger partial charge < -0.3 is 15.4 Å². The van der Waals surface area contributed by atoms with E-state index >= 15 is 0 Å². The lowest BCUT2D eigenvalue weighted by molar-refractivity contribution is 0.262. The third-order valence-corrected chi connectivity index (χ3v) is 2.89. The van der Waals surface area contributed by atoms with Gasteiger partial charge in [0.1, 0.15) is 5.75 Å². The van der Waals surface area contributed by atoms with E-state index in [0.717, 1.165) is 29.1 Å². The molecule has 0 aliphatic rings. The predicted octanol–water partition coefficient (Wildman–Crippen LogP) is 4.43. The molecule has 110 valence electrons. The number of anilines is 2. The lowest BCUT2D eigenvalue weighted by Crippen LogP contribution is -2.19. The second kappa shape index (κ2) is 7.33. The van der Waals surface area contributed by atoms with Crippen LogP contribution in [0.15, 0.2) is 48.5 Å². The van der Waals surface area contributed by atoms with E-state index in [-0.39, 0.29) is 6.03 Å². The van der Waals surface area contributed by atoms with Crippen molar-refractivity contribution in [1.82, 2.24) is 0 Å². The van der Waals surface area contributed by atoms with E-state index in [1.54, 1.807) is 0 Å². The second-order valence-corrected chi connectivity index (χ2v) is 4.82. The zero-order valence-electron chi connectivity index (χ0n) is 12.3. The Kier molecular flexibility index (Phi) is 5.21. The third-order valence-electron chi connectivity index (χ3n) is 2.89. The first kappa shape index (κ1) is 14.9. The molecule has 4 heteroatoms. The molecule has 0 heterocycles. The highest BCUT2D eigenvalue weighted by molar-refractivity contribution is 5.99. The van der Waals surface area contributed by atoms with Crippen molar-refractivity contribution >= 4 is 17.4 Å². The first-order chi connectivity index (χ1) is 10.2. The van der Waals surface area contributed by atoms with E-state index in [4.69, 9.17) is 4.74 Å². The summed E-state index contributed by atoms with van der Waals surface area (Å²) < 4.78 is 5.49. The second-order valence-electron chi connectivity index (χ2n) is 4.82. The fraction of sp³-hybridized carbons (Fsp3) is 0.235. The lowest BCUT2D eigenvalue weighted by Gasteiger charge is -2.09. The maximum absolute atomic E-state index is 11.9. The van der Waals surface area contributed by atoms with Crippen molar-refractivity contribution in [3.05, 3.63) is 54.1 Å². The van der Waals surface area contributed by atoms with Crippen LogP contribution in [0.4, 0.5) is 16.2 Å². The lowest BCUT2D eigenvalue weighted by atomic mass is 10.2. The van der Waals surface area contributed by atoms with Gasteiger partial charge in [-0.15, -0.1) is 0 Å². The van der Waals surface area contributed by atoms with Gasteiger partial charge in [-0.2, -0.15) is 0 Å². The van der Waals surface area contributed by atoms with Gasteiger partial charge in [0.05, 0.1) is 6.61 Å². The normalized spacial score (nSPS) is 10.0. The van der Waals surface area contributed by atoms with Crippen molar-refractivity contribution in [1.29, 1.82) is 0 Å². The molecule has 4 nitrogen and oxygen atoms in total. The highest BCUT2D eigenvalue weighted by Gasteiger charge is 2.02. The zero-order chi connectivity index (χ0) is 15.1. The van der Waals surface area contributed by atoms with Crippen molar-refractivity contribution in [2.75, 3.05) is 17.2 Å². The summed E-state index contributed by atoms with van der Waals surface area (Å²) in [5.41, 5.74) is 2.65. The van der Waals surface area contributed by atoms with Crippen LogP contribution in [0, 0.1) is 6.92 Å². The Morgan fingerprint density at radius 2 is 1.48 bits per heavy atom. The fourth-order valence-corrected chi connectivity index (χ4v) is 1.78. The maximum atomic E-state index is 11.9. The summed E-state index contributed by atoms with van der Waals surface area (Å²) in [4.78, 5) is 11.9. The van der Waals surface area contributed by atoms with Gasteiger partial charge in [0.25, 0.3) is 0 Å². The number of carbonyl (C=O) groups excluding carboxylic acids is 1. The minimum absolute atomic E-state index is 0.263. The van der Waals surface area contributed by atoms with Gasteiger partial charge in [0.2, 0.25) is 0 Å². The molecule has 2 rings (SSSR count). The van der Waals surface area contributed by atoms with Gasteiger partial charge in [0.15, 0.2) is 0 Å². The van der Waals surface area contributed by atoms with Gasteiger partial charge in [-0.3, -0.25) is 0 Å². The minimum atomic E-state index is -0.263. The molecule has 0 fully saturated rings. The van der Waals surface area contributed by atoms with Gasteiger partial charge in [-0.1, -0.05) is 24.6 Å². The predicted molar refractivity (Wildman–Crippen MR) is 86.0 cm³/mol. The number of rotatable bonds is 5. The fourth-order valence-electron chi connectivity index (χ4n) is 1.78. The summed E-state index contributed by atoms with van der Waals surface area (Å²) >= 11 is 0. The average Bonchev–Trinajstić information content (AvgIpc) is 2.49. The smallest absolute Gasteiger partial charge is 0.323 e. The van der Waals surface area contributed by atoms with Crippen LogP contribution in [0.1, 0.15) is 18.9 Å². The van der Waals surface area contributed by atoms with Crippen LogP contribution in [0.2, 0.25) is 0 Å². The topological polar surface area (TPSA) is 50.4 Å². The molecule has 0 aromatic heterocycles. The zero-order valence-corrected chi connectivity index (χ0v) is 12.3. The van der Waals surface area contributed by atoms with Crippen LogP contribution in [-0.2, 0) is 0 Å². The molecule has 0 aliphatic heterocycles. The molecule has 0 atom stereocenters. The van der Waals surface area contributed by atoms with Crippen LogP contribution < -0.4 is 15.4 Å². The van der Waals surface area contributed by atoms with E-state index in [9.17, 15) is 4.79 Å². The first-order valence-corrected chi connectivity index (χ1v) is 7.05. The summed E-state index contributed by atoms with van der Waals surface area (Å²) in [6.45, 7) is 4.76. The van der Waals surface area contributed by atoms with Crippen molar-refractivity contribution < 1.29 is 9.53 Å². The molecule has 2 aromatic carbocycles. The molecule has 0 radical (unpaired) electrons. The highest BCUT2D eigenvalue weighted by atomic mass is 16.5. The number of carbonyl (C=O) groups is 1. The monoisotopic (exact) mass is 284 g/mol. The summed E-state index contributed by atoms with van der Waals surface area (Å²) in [5.74, 6) is 0.807. The van der Waals surface area contributed by atoms with Gasteiger partial charge >= 0.3 is 6.03 Å². The minimum Gasteiger partial charge on any atom is -0.494 e. The SMILES string of the molecule is CCCOc1ccc(NC(=O)Nc2ccc(C)cc2)cc1. The highest BCUT2D eigenvalue weighted by Crippen LogP contribution is 2.16.